The maximum Gasteiger partial charge on any atom is 0.315 e. The van der Waals surface area contributed by atoms with Crippen LogP contribution in [0.5, 0.6) is 6.01 Å². The first kappa shape index (κ1) is 11.0. The molecule has 2 unspecified atom stereocenters. The Bertz CT molecular complexity index is 381. The van der Waals surface area contributed by atoms with Gasteiger partial charge in [0.25, 0.3) is 0 Å². The van der Waals surface area contributed by atoms with Gasteiger partial charge in [0, 0.05) is 31.5 Å². The van der Waals surface area contributed by atoms with Gasteiger partial charge in [-0.15, -0.1) is 0 Å². The Kier molecular flexibility index (Phi) is 2.76. The van der Waals surface area contributed by atoms with E-state index in [-0.39, 0.29) is 12.0 Å². The van der Waals surface area contributed by atoms with Crippen molar-refractivity contribution in [2.45, 2.75) is 31.3 Å². The maximum absolute atomic E-state index is 6.19. The Morgan fingerprint density at radius 2 is 2.29 bits per heavy atom. The topological polar surface area (TPSA) is 69.2 Å². The van der Waals surface area contributed by atoms with Crippen molar-refractivity contribution in [1.29, 1.82) is 0 Å². The summed E-state index contributed by atoms with van der Waals surface area (Å²) in [7, 11) is 2.10. The molecule has 94 valence electrons. The molecule has 0 aromatic carbocycles. The van der Waals surface area contributed by atoms with E-state index in [1.54, 1.807) is 0 Å². The molecule has 0 amide bonds. The van der Waals surface area contributed by atoms with Gasteiger partial charge >= 0.3 is 6.01 Å². The molecule has 0 spiro atoms. The number of aryl methyl sites for hydroxylation is 1. The van der Waals surface area contributed by atoms with E-state index < -0.39 is 0 Å². The second-order valence-corrected chi connectivity index (χ2v) is 5.00. The molecule has 6 nitrogen and oxygen atoms in total. The molecule has 0 radical (unpaired) electrons. The summed E-state index contributed by atoms with van der Waals surface area (Å²) in [5.41, 5.74) is 6.19. The summed E-state index contributed by atoms with van der Waals surface area (Å²) < 4.78 is 7.35. The molecule has 6 heteroatoms. The zero-order valence-electron chi connectivity index (χ0n) is 10.2. The van der Waals surface area contributed by atoms with E-state index in [9.17, 15) is 0 Å². The van der Waals surface area contributed by atoms with E-state index in [2.05, 4.69) is 22.0 Å². The molecule has 1 fully saturated rings. The zero-order chi connectivity index (χ0) is 11.8. The molecule has 2 aliphatic heterocycles. The van der Waals surface area contributed by atoms with Crippen LogP contribution in [-0.2, 0) is 6.54 Å². The highest BCUT2D eigenvalue weighted by atomic mass is 16.5. The maximum atomic E-state index is 6.19. The van der Waals surface area contributed by atoms with Gasteiger partial charge < -0.3 is 15.4 Å². The van der Waals surface area contributed by atoms with E-state index in [4.69, 9.17) is 10.5 Å². The largest absolute Gasteiger partial charge is 0.464 e. The number of nitrogens with two attached hydrogens (primary N) is 1. The summed E-state index contributed by atoms with van der Waals surface area (Å²) >= 11 is 0. The average Bonchev–Trinajstić information content (AvgIpc) is 2.72. The first-order valence-corrected chi connectivity index (χ1v) is 6.25. The minimum Gasteiger partial charge on any atom is -0.464 e. The van der Waals surface area contributed by atoms with Gasteiger partial charge in [-0.1, -0.05) is 0 Å². The number of rotatable bonds is 1. The molecule has 2 atom stereocenters. The Morgan fingerprint density at radius 1 is 1.41 bits per heavy atom. The highest BCUT2D eigenvalue weighted by Gasteiger charge is 2.30. The van der Waals surface area contributed by atoms with Crippen LogP contribution in [0.1, 0.15) is 24.6 Å². The number of fused-ring (bicyclic) bond motifs is 1. The minimum atomic E-state index is 0.123. The summed E-state index contributed by atoms with van der Waals surface area (Å²) in [4.78, 5) is 6.74. The van der Waals surface area contributed by atoms with Gasteiger partial charge in [-0.3, -0.25) is 0 Å². The molecule has 3 heterocycles. The van der Waals surface area contributed by atoms with Crippen molar-refractivity contribution in [3.05, 3.63) is 5.82 Å². The fourth-order valence-corrected chi connectivity index (χ4v) is 2.60. The predicted octanol–water partition coefficient (Wildman–Crippen LogP) is -0.193. The van der Waals surface area contributed by atoms with Gasteiger partial charge in [-0.2, -0.15) is 10.1 Å². The molecule has 1 saturated heterocycles. The van der Waals surface area contributed by atoms with Crippen LogP contribution in [-0.4, -0.2) is 52.5 Å². The third kappa shape index (κ3) is 2.02. The van der Waals surface area contributed by atoms with Crippen molar-refractivity contribution >= 4 is 0 Å². The molecule has 2 aliphatic rings. The lowest BCUT2D eigenvalue weighted by Crippen LogP contribution is -2.45. The second-order valence-electron chi connectivity index (χ2n) is 5.00. The molecule has 1 aromatic heterocycles. The molecule has 0 saturated carbocycles. The van der Waals surface area contributed by atoms with Crippen molar-refractivity contribution in [3.8, 4) is 6.01 Å². The quantitative estimate of drug-likeness (QED) is 0.733. The number of ether oxygens (including phenoxy) is 1. The van der Waals surface area contributed by atoms with Crippen LogP contribution in [0, 0.1) is 0 Å². The van der Waals surface area contributed by atoms with Crippen molar-refractivity contribution in [1.82, 2.24) is 19.7 Å². The number of likely N-dealkylation sites (N-methyl/N-ethyl adjacent to an activating group) is 1. The Morgan fingerprint density at radius 3 is 3.06 bits per heavy atom. The van der Waals surface area contributed by atoms with Crippen LogP contribution in [0.4, 0.5) is 0 Å². The van der Waals surface area contributed by atoms with Crippen molar-refractivity contribution in [2.75, 3.05) is 26.7 Å². The highest BCUT2D eigenvalue weighted by Crippen LogP contribution is 2.26. The smallest absolute Gasteiger partial charge is 0.315 e. The van der Waals surface area contributed by atoms with Crippen LogP contribution in [0.3, 0.4) is 0 Å². The van der Waals surface area contributed by atoms with Gasteiger partial charge in [0.05, 0.1) is 6.61 Å². The van der Waals surface area contributed by atoms with Crippen LogP contribution in [0.2, 0.25) is 0 Å². The van der Waals surface area contributed by atoms with Crippen LogP contribution >= 0.6 is 0 Å². The van der Waals surface area contributed by atoms with Crippen LogP contribution in [0.15, 0.2) is 0 Å². The zero-order valence-corrected chi connectivity index (χ0v) is 10.2. The number of aromatic nitrogens is 3. The summed E-state index contributed by atoms with van der Waals surface area (Å²) in [6.07, 6.45) is 2.04. The molecule has 3 rings (SSSR count). The van der Waals surface area contributed by atoms with E-state index >= 15 is 0 Å². The predicted molar refractivity (Wildman–Crippen MR) is 63.0 cm³/mol. The van der Waals surface area contributed by atoms with Gasteiger partial charge in [0.1, 0.15) is 0 Å². The van der Waals surface area contributed by atoms with E-state index in [0.717, 1.165) is 44.9 Å². The molecule has 1 aromatic rings. The summed E-state index contributed by atoms with van der Waals surface area (Å²) in [6.45, 7) is 3.63. The number of hydrogen-bond acceptors (Lipinski definition) is 5. The molecule has 0 aliphatic carbocycles. The summed E-state index contributed by atoms with van der Waals surface area (Å²) in [6, 6.07) is 0.788. The molecular weight excluding hydrogens is 218 g/mol. The van der Waals surface area contributed by atoms with Gasteiger partial charge in [0.15, 0.2) is 5.82 Å². The SMILES string of the molecule is CN1CCC(c2nc3n(n2)CCCO3)C(N)C1. The van der Waals surface area contributed by atoms with E-state index in [1.165, 1.54) is 0 Å². The van der Waals surface area contributed by atoms with Gasteiger partial charge in [-0.05, 0) is 20.0 Å². The fraction of sp³-hybridized carbons (Fsp3) is 0.818. The van der Waals surface area contributed by atoms with Crippen molar-refractivity contribution in [2.24, 2.45) is 5.73 Å². The second kappa shape index (κ2) is 4.27. The normalized spacial score (nSPS) is 29.8. The standard InChI is InChI=1S/C11H19N5O/c1-15-5-3-8(9(12)7-15)10-13-11-16(14-10)4-2-6-17-11/h8-9H,2-7,12H2,1H3. The Labute approximate surface area is 101 Å². The Balaban J connectivity index is 1.81. The van der Waals surface area contributed by atoms with Gasteiger partial charge in [-0.25, -0.2) is 4.68 Å². The molecule has 17 heavy (non-hydrogen) atoms. The third-order valence-electron chi connectivity index (χ3n) is 3.59. The number of hydrogen-bond donors (Lipinski definition) is 1. The number of nitrogens with zero attached hydrogens (tertiary/aromatic N) is 4. The first-order chi connectivity index (χ1) is 8.24. The van der Waals surface area contributed by atoms with Crippen molar-refractivity contribution in [3.63, 3.8) is 0 Å². The van der Waals surface area contributed by atoms with Crippen LogP contribution in [0.25, 0.3) is 0 Å². The Hall–Kier alpha value is -1.14. The lowest BCUT2D eigenvalue weighted by Gasteiger charge is -2.32. The van der Waals surface area contributed by atoms with Crippen LogP contribution < -0.4 is 10.5 Å². The molecule has 2 N–H and O–H groups in total. The average molecular weight is 237 g/mol. The van der Waals surface area contributed by atoms with E-state index in [1.807, 2.05) is 4.68 Å². The monoisotopic (exact) mass is 237 g/mol. The minimum absolute atomic E-state index is 0.123. The van der Waals surface area contributed by atoms with Crippen molar-refractivity contribution < 1.29 is 4.74 Å². The third-order valence-corrected chi connectivity index (χ3v) is 3.59. The fourth-order valence-electron chi connectivity index (χ4n) is 2.60. The number of piperidine rings is 1. The molecule has 0 bridgehead atoms. The van der Waals surface area contributed by atoms with E-state index in [0.29, 0.717) is 6.01 Å². The summed E-state index contributed by atoms with van der Waals surface area (Å²) in [5, 5.41) is 4.53. The lowest BCUT2D eigenvalue weighted by molar-refractivity contribution is 0.221. The highest BCUT2D eigenvalue weighted by molar-refractivity contribution is 5.09. The van der Waals surface area contributed by atoms with Gasteiger partial charge in [0.2, 0.25) is 0 Å². The molecular formula is C11H19N5O. The summed E-state index contributed by atoms with van der Waals surface area (Å²) in [5.74, 6) is 1.13. The lowest BCUT2D eigenvalue weighted by atomic mass is 9.92. The number of likely N-dealkylation sites (tertiary alicyclic amines) is 1. The first-order valence-electron chi connectivity index (χ1n) is 6.25.